The minimum absolute atomic E-state index is 0. The van der Waals surface area contributed by atoms with E-state index in [1.807, 2.05) is 32.0 Å². The fourth-order valence-corrected chi connectivity index (χ4v) is 1.25. The lowest BCUT2D eigenvalue weighted by Gasteiger charge is -2.09. The Bertz CT molecular complexity index is 306. The van der Waals surface area contributed by atoms with Crippen molar-refractivity contribution < 1.29 is 4.79 Å². The zero-order valence-electron chi connectivity index (χ0n) is 8.13. The van der Waals surface area contributed by atoms with Gasteiger partial charge in [-0.3, -0.25) is 4.79 Å². The Morgan fingerprint density at radius 3 is 2.29 bits per heavy atom. The first-order valence-corrected chi connectivity index (χ1v) is 4.60. The van der Waals surface area contributed by atoms with Crippen LogP contribution in [0.3, 0.4) is 0 Å². The molecular formula is C10H13Cl2NO. The molecular weight excluding hydrogens is 221 g/mol. The lowest BCUT2D eigenvalue weighted by Crippen LogP contribution is -2.14. The number of halogens is 2. The number of alkyl halides is 1. The predicted octanol–water partition coefficient (Wildman–Crippen LogP) is 2.90. The number of amides is 1. The van der Waals surface area contributed by atoms with Gasteiger partial charge in [0.15, 0.2) is 0 Å². The number of benzene rings is 1. The van der Waals surface area contributed by atoms with E-state index in [0.29, 0.717) is 0 Å². The van der Waals surface area contributed by atoms with Crippen molar-refractivity contribution in [2.75, 3.05) is 11.2 Å². The Hall–Kier alpha value is -0.730. The molecule has 2 nitrogen and oxygen atoms in total. The zero-order chi connectivity index (χ0) is 9.84. The molecule has 0 atom stereocenters. The summed E-state index contributed by atoms with van der Waals surface area (Å²) in [4.78, 5) is 11.0. The Kier molecular flexibility index (Phi) is 5.58. The predicted molar refractivity (Wildman–Crippen MR) is 62.5 cm³/mol. The number of aryl methyl sites for hydroxylation is 2. The van der Waals surface area contributed by atoms with E-state index in [4.69, 9.17) is 11.6 Å². The molecule has 4 heteroatoms. The van der Waals surface area contributed by atoms with Crippen molar-refractivity contribution in [1.29, 1.82) is 0 Å². The van der Waals surface area contributed by atoms with Crippen molar-refractivity contribution >= 4 is 35.6 Å². The number of para-hydroxylation sites is 1. The third-order valence-corrected chi connectivity index (χ3v) is 2.11. The van der Waals surface area contributed by atoms with E-state index in [0.717, 1.165) is 16.8 Å². The highest BCUT2D eigenvalue weighted by Crippen LogP contribution is 2.19. The van der Waals surface area contributed by atoms with E-state index in [9.17, 15) is 4.79 Å². The van der Waals surface area contributed by atoms with Crippen LogP contribution in [0.25, 0.3) is 0 Å². The summed E-state index contributed by atoms with van der Waals surface area (Å²) >= 11 is 5.39. The molecule has 1 N–H and O–H groups in total. The number of anilines is 1. The molecule has 0 heterocycles. The Balaban J connectivity index is 0.00000169. The molecule has 1 rings (SSSR count). The zero-order valence-corrected chi connectivity index (χ0v) is 9.71. The van der Waals surface area contributed by atoms with E-state index in [1.54, 1.807) is 0 Å². The summed E-state index contributed by atoms with van der Waals surface area (Å²) in [5.74, 6) is -0.174. The van der Waals surface area contributed by atoms with Gasteiger partial charge >= 0.3 is 0 Å². The van der Waals surface area contributed by atoms with Crippen LogP contribution in [0.1, 0.15) is 11.1 Å². The van der Waals surface area contributed by atoms with Crippen LogP contribution in [0.2, 0.25) is 0 Å². The second-order valence-electron chi connectivity index (χ2n) is 2.95. The molecule has 1 aromatic carbocycles. The van der Waals surface area contributed by atoms with Gasteiger partial charge < -0.3 is 5.32 Å². The van der Waals surface area contributed by atoms with Crippen molar-refractivity contribution in [2.45, 2.75) is 13.8 Å². The van der Waals surface area contributed by atoms with Crippen molar-refractivity contribution in [3.8, 4) is 0 Å². The van der Waals surface area contributed by atoms with Gasteiger partial charge in [0, 0.05) is 5.69 Å². The topological polar surface area (TPSA) is 29.1 Å². The summed E-state index contributed by atoms with van der Waals surface area (Å²) in [6.07, 6.45) is 0. The molecule has 0 bridgehead atoms. The second kappa shape index (κ2) is 5.89. The highest BCUT2D eigenvalue weighted by atomic mass is 35.5. The van der Waals surface area contributed by atoms with Crippen LogP contribution < -0.4 is 5.32 Å². The molecule has 0 aliphatic heterocycles. The molecule has 0 spiro atoms. The first-order chi connectivity index (χ1) is 6.15. The van der Waals surface area contributed by atoms with Gasteiger partial charge in [-0.05, 0) is 25.0 Å². The van der Waals surface area contributed by atoms with Crippen LogP contribution in [-0.2, 0) is 4.79 Å². The third-order valence-electron chi connectivity index (χ3n) is 1.87. The van der Waals surface area contributed by atoms with Gasteiger partial charge in [-0.25, -0.2) is 0 Å². The van der Waals surface area contributed by atoms with Gasteiger partial charge in [0.2, 0.25) is 5.91 Å². The summed E-state index contributed by atoms with van der Waals surface area (Å²) in [5.41, 5.74) is 2.98. The quantitative estimate of drug-likeness (QED) is 0.783. The number of carbonyl (C=O) groups is 1. The highest BCUT2D eigenvalue weighted by Gasteiger charge is 2.04. The SMILES string of the molecule is Cc1cccc(C)c1NC(=O)CCl.Cl. The normalized spacial score (nSPS) is 9.07. The maximum Gasteiger partial charge on any atom is 0.239 e. The standard InChI is InChI=1S/C10H12ClNO.ClH/c1-7-4-3-5-8(2)10(7)12-9(13)6-11;/h3-5H,6H2,1-2H3,(H,12,13);1H. The van der Waals surface area contributed by atoms with Crippen molar-refractivity contribution in [2.24, 2.45) is 0 Å². The van der Waals surface area contributed by atoms with Crippen molar-refractivity contribution in [1.82, 2.24) is 0 Å². The summed E-state index contributed by atoms with van der Waals surface area (Å²) in [7, 11) is 0. The van der Waals surface area contributed by atoms with Crippen LogP contribution >= 0.6 is 24.0 Å². The lowest BCUT2D eigenvalue weighted by molar-refractivity contribution is -0.113. The smallest absolute Gasteiger partial charge is 0.239 e. The monoisotopic (exact) mass is 233 g/mol. The summed E-state index contributed by atoms with van der Waals surface area (Å²) in [6, 6.07) is 5.87. The first kappa shape index (κ1) is 13.3. The fraction of sp³-hybridized carbons (Fsp3) is 0.300. The largest absolute Gasteiger partial charge is 0.325 e. The van der Waals surface area contributed by atoms with E-state index in [1.165, 1.54) is 0 Å². The van der Waals surface area contributed by atoms with Gasteiger partial charge in [0.1, 0.15) is 5.88 Å². The van der Waals surface area contributed by atoms with Crippen molar-refractivity contribution in [3.05, 3.63) is 29.3 Å². The molecule has 0 aliphatic rings. The van der Waals surface area contributed by atoms with Gasteiger partial charge in [-0.2, -0.15) is 0 Å². The number of hydrogen-bond acceptors (Lipinski definition) is 1. The van der Waals surface area contributed by atoms with Crippen LogP contribution in [0.4, 0.5) is 5.69 Å². The molecule has 0 radical (unpaired) electrons. The Morgan fingerprint density at radius 2 is 1.86 bits per heavy atom. The molecule has 0 fully saturated rings. The summed E-state index contributed by atoms with van der Waals surface area (Å²) in [5, 5.41) is 2.76. The number of rotatable bonds is 2. The molecule has 14 heavy (non-hydrogen) atoms. The minimum atomic E-state index is -0.168. The van der Waals surface area contributed by atoms with Gasteiger partial charge in [-0.1, -0.05) is 18.2 Å². The summed E-state index contributed by atoms with van der Waals surface area (Å²) < 4.78 is 0. The van der Waals surface area contributed by atoms with Crippen LogP contribution in [-0.4, -0.2) is 11.8 Å². The van der Waals surface area contributed by atoms with Gasteiger partial charge in [0.05, 0.1) is 0 Å². The van der Waals surface area contributed by atoms with E-state index >= 15 is 0 Å². The number of nitrogens with one attached hydrogen (secondary N) is 1. The molecule has 0 aliphatic carbocycles. The highest BCUT2D eigenvalue weighted by molar-refractivity contribution is 6.29. The molecule has 0 saturated heterocycles. The van der Waals surface area contributed by atoms with E-state index in [2.05, 4.69) is 5.32 Å². The maximum absolute atomic E-state index is 11.0. The van der Waals surface area contributed by atoms with Crippen LogP contribution in [0, 0.1) is 13.8 Å². The van der Waals surface area contributed by atoms with Crippen LogP contribution in [0.5, 0.6) is 0 Å². The Labute approximate surface area is 95.1 Å². The summed E-state index contributed by atoms with van der Waals surface area (Å²) in [6.45, 7) is 3.91. The molecule has 0 aromatic heterocycles. The maximum atomic E-state index is 11.0. The van der Waals surface area contributed by atoms with E-state index in [-0.39, 0.29) is 24.2 Å². The first-order valence-electron chi connectivity index (χ1n) is 4.07. The molecule has 0 unspecified atom stereocenters. The lowest BCUT2D eigenvalue weighted by atomic mass is 10.1. The van der Waals surface area contributed by atoms with Crippen molar-refractivity contribution in [3.63, 3.8) is 0 Å². The van der Waals surface area contributed by atoms with Gasteiger partial charge in [0.25, 0.3) is 0 Å². The number of carbonyl (C=O) groups excluding carboxylic acids is 1. The van der Waals surface area contributed by atoms with E-state index < -0.39 is 0 Å². The average molecular weight is 234 g/mol. The molecule has 1 aromatic rings. The average Bonchev–Trinajstić information content (AvgIpc) is 2.11. The fourth-order valence-electron chi connectivity index (χ4n) is 1.18. The molecule has 78 valence electrons. The minimum Gasteiger partial charge on any atom is -0.325 e. The van der Waals surface area contributed by atoms with Gasteiger partial charge in [-0.15, -0.1) is 24.0 Å². The number of hydrogen-bond donors (Lipinski definition) is 1. The third kappa shape index (κ3) is 3.20. The molecule has 0 saturated carbocycles. The second-order valence-corrected chi connectivity index (χ2v) is 3.22. The Morgan fingerprint density at radius 1 is 1.36 bits per heavy atom. The molecule has 1 amide bonds. The van der Waals surface area contributed by atoms with Crippen LogP contribution in [0.15, 0.2) is 18.2 Å².